The van der Waals surface area contributed by atoms with Gasteiger partial charge in [-0.05, 0) is 68.0 Å². The second-order valence-corrected chi connectivity index (χ2v) is 8.17. The topological polar surface area (TPSA) is 79.6 Å². The molecule has 1 atom stereocenters. The number of aromatic nitrogens is 3. The molecule has 1 saturated carbocycles. The monoisotopic (exact) mass is 389 g/mol. The maximum absolute atomic E-state index is 13.0. The standard InChI is InChI=1S/C22H23N5O2/c1-12-8-16(9-17-10-26(22(29)21(12)17)13(2)15-4-5-15)18-6-7-20-24-19(23-14(3)28)11-27(20)25-18/h6-9,11,13,15H,4-5,10H2,1-3H3,(H,23,28)/t13-/m0/s1. The van der Waals surface area contributed by atoms with E-state index in [1.807, 2.05) is 30.0 Å². The first-order chi connectivity index (χ1) is 13.9. The van der Waals surface area contributed by atoms with Crippen molar-refractivity contribution in [2.75, 3.05) is 5.32 Å². The van der Waals surface area contributed by atoms with E-state index in [9.17, 15) is 9.59 Å². The molecule has 1 fully saturated rings. The Kier molecular flexibility index (Phi) is 3.94. The molecule has 2 amide bonds. The smallest absolute Gasteiger partial charge is 0.255 e. The summed E-state index contributed by atoms with van der Waals surface area (Å²) in [7, 11) is 0. The summed E-state index contributed by atoms with van der Waals surface area (Å²) < 4.78 is 1.66. The molecule has 3 aromatic rings. The molecule has 7 nitrogen and oxygen atoms in total. The van der Waals surface area contributed by atoms with Crippen LogP contribution in [0, 0.1) is 12.8 Å². The Labute approximate surface area is 168 Å². The zero-order valence-electron chi connectivity index (χ0n) is 16.8. The number of hydrogen-bond acceptors (Lipinski definition) is 4. The Bertz CT molecular complexity index is 1160. The second-order valence-electron chi connectivity index (χ2n) is 8.17. The van der Waals surface area contributed by atoms with Crippen molar-refractivity contribution in [2.45, 2.75) is 46.2 Å². The van der Waals surface area contributed by atoms with Crippen molar-refractivity contribution in [2.24, 2.45) is 5.92 Å². The Hall–Kier alpha value is -3.22. The van der Waals surface area contributed by atoms with Crippen molar-refractivity contribution >= 4 is 23.3 Å². The van der Waals surface area contributed by atoms with Gasteiger partial charge in [0.25, 0.3) is 5.91 Å². The predicted octanol–water partition coefficient (Wildman–Crippen LogP) is 3.42. The van der Waals surface area contributed by atoms with Crippen molar-refractivity contribution < 1.29 is 9.59 Å². The summed E-state index contributed by atoms with van der Waals surface area (Å²) in [6.45, 7) is 6.28. The molecule has 7 heteroatoms. The third-order valence-corrected chi connectivity index (χ3v) is 5.95. The van der Waals surface area contributed by atoms with Crippen LogP contribution >= 0.6 is 0 Å². The highest BCUT2D eigenvalue weighted by Gasteiger charge is 2.39. The fourth-order valence-electron chi connectivity index (χ4n) is 4.28. The zero-order valence-corrected chi connectivity index (χ0v) is 16.8. The molecule has 0 radical (unpaired) electrons. The highest BCUT2D eigenvalue weighted by Crippen LogP contribution is 2.39. The molecule has 1 N–H and O–H groups in total. The summed E-state index contributed by atoms with van der Waals surface area (Å²) in [5.74, 6) is 1.11. The number of aryl methyl sites for hydroxylation is 1. The summed E-state index contributed by atoms with van der Waals surface area (Å²) in [4.78, 5) is 30.6. The number of benzene rings is 1. The summed E-state index contributed by atoms with van der Waals surface area (Å²) in [6, 6.07) is 8.21. The van der Waals surface area contributed by atoms with Gasteiger partial charge in [-0.1, -0.05) is 0 Å². The van der Waals surface area contributed by atoms with Gasteiger partial charge in [0.1, 0.15) is 0 Å². The van der Waals surface area contributed by atoms with Gasteiger partial charge in [0.15, 0.2) is 11.5 Å². The van der Waals surface area contributed by atoms with E-state index in [1.54, 1.807) is 10.7 Å². The first kappa shape index (κ1) is 17.8. The molecule has 3 heterocycles. The number of nitrogens with zero attached hydrogens (tertiary/aromatic N) is 4. The third-order valence-electron chi connectivity index (χ3n) is 5.95. The third kappa shape index (κ3) is 3.06. The lowest BCUT2D eigenvalue weighted by atomic mass is 9.99. The summed E-state index contributed by atoms with van der Waals surface area (Å²) in [5, 5.41) is 7.33. The van der Waals surface area contributed by atoms with Crippen LogP contribution < -0.4 is 5.32 Å². The van der Waals surface area contributed by atoms with Crippen LogP contribution in [0.15, 0.2) is 30.5 Å². The SMILES string of the molecule is CC(=O)Nc1cn2nc(-c3cc(C)c4c(c3)CN([C@@H](C)C3CC3)C4=O)ccc2n1. The van der Waals surface area contributed by atoms with E-state index >= 15 is 0 Å². The van der Waals surface area contributed by atoms with Crippen LogP contribution in [-0.4, -0.2) is 37.4 Å². The summed E-state index contributed by atoms with van der Waals surface area (Å²) >= 11 is 0. The maximum Gasteiger partial charge on any atom is 0.255 e. The molecule has 0 spiro atoms. The lowest BCUT2D eigenvalue weighted by Gasteiger charge is -2.24. The molecule has 148 valence electrons. The number of carbonyl (C=O) groups is 2. The molecule has 1 aliphatic heterocycles. The minimum atomic E-state index is -0.169. The Morgan fingerprint density at radius 3 is 2.79 bits per heavy atom. The Balaban J connectivity index is 1.50. The predicted molar refractivity (Wildman–Crippen MR) is 110 cm³/mol. The molecule has 0 unspecified atom stereocenters. The van der Waals surface area contributed by atoms with Gasteiger partial charge in [0.2, 0.25) is 5.91 Å². The Morgan fingerprint density at radius 1 is 1.28 bits per heavy atom. The second kappa shape index (κ2) is 6.40. The summed E-state index contributed by atoms with van der Waals surface area (Å²) in [5.41, 5.74) is 5.35. The molecule has 2 aromatic heterocycles. The minimum Gasteiger partial charge on any atom is -0.331 e. The molecule has 1 aliphatic carbocycles. The number of imidazole rings is 1. The van der Waals surface area contributed by atoms with Crippen LogP contribution in [0.3, 0.4) is 0 Å². The van der Waals surface area contributed by atoms with Gasteiger partial charge in [0, 0.05) is 30.6 Å². The van der Waals surface area contributed by atoms with Gasteiger partial charge in [-0.25, -0.2) is 9.50 Å². The van der Waals surface area contributed by atoms with Crippen LogP contribution in [-0.2, 0) is 11.3 Å². The number of anilines is 1. The van der Waals surface area contributed by atoms with Crippen molar-refractivity contribution in [3.05, 3.63) is 47.2 Å². The van der Waals surface area contributed by atoms with Crippen molar-refractivity contribution in [3.63, 3.8) is 0 Å². The average Bonchev–Trinajstić information content (AvgIpc) is 3.36. The summed E-state index contributed by atoms with van der Waals surface area (Å²) in [6.07, 6.45) is 4.14. The fraction of sp³-hybridized carbons (Fsp3) is 0.364. The molecular weight excluding hydrogens is 366 g/mol. The number of hydrogen-bond donors (Lipinski definition) is 1. The van der Waals surface area contributed by atoms with Gasteiger partial charge in [-0.2, -0.15) is 5.10 Å². The van der Waals surface area contributed by atoms with Crippen molar-refractivity contribution in [3.8, 4) is 11.3 Å². The van der Waals surface area contributed by atoms with Crippen molar-refractivity contribution in [1.82, 2.24) is 19.5 Å². The van der Waals surface area contributed by atoms with Gasteiger partial charge >= 0.3 is 0 Å². The molecule has 2 aliphatic rings. The highest BCUT2D eigenvalue weighted by molar-refractivity contribution is 6.00. The van der Waals surface area contributed by atoms with Crippen LogP contribution in [0.1, 0.15) is 48.2 Å². The first-order valence-corrected chi connectivity index (χ1v) is 9.99. The lowest BCUT2D eigenvalue weighted by molar-refractivity contribution is -0.114. The number of fused-ring (bicyclic) bond motifs is 2. The van der Waals surface area contributed by atoms with E-state index < -0.39 is 0 Å². The maximum atomic E-state index is 13.0. The highest BCUT2D eigenvalue weighted by atomic mass is 16.2. The van der Waals surface area contributed by atoms with E-state index in [-0.39, 0.29) is 11.8 Å². The number of rotatable bonds is 4. The molecule has 5 rings (SSSR count). The quantitative estimate of drug-likeness (QED) is 0.742. The van der Waals surface area contributed by atoms with Crippen LogP contribution in [0.2, 0.25) is 0 Å². The molecule has 29 heavy (non-hydrogen) atoms. The minimum absolute atomic E-state index is 0.154. The van der Waals surface area contributed by atoms with E-state index in [4.69, 9.17) is 0 Å². The molecular formula is C22H23N5O2. The average molecular weight is 389 g/mol. The van der Waals surface area contributed by atoms with Gasteiger partial charge < -0.3 is 10.2 Å². The number of carbonyl (C=O) groups excluding carboxylic acids is 2. The van der Waals surface area contributed by atoms with Crippen LogP contribution in [0.25, 0.3) is 16.9 Å². The molecule has 1 aromatic carbocycles. The largest absolute Gasteiger partial charge is 0.331 e. The first-order valence-electron chi connectivity index (χ1n) is 9.99. The van der Waals surface area contributed by atoms with Crippen LogP contribution in [0.4, 0.5) is 5.82 Å². The van der Waals surface area contributed by atoms with E-state index in [2.05, 4.69) is 28.4 Å². The normalized spacial score (nSPS) is 16.9. The molecule has 0 saturated heterocycles. The van der Waals surface area contributed by atoms with E-state index in [0.717, 1.165) is 27.9 Å². The molecule has 0 bridgehead atoms. The fourth-order valence-corrected chi connectivity index (χ4v) is 4.28. The Morgan fingerprint density at radius 2 is 2.07 bits per heavy atom. The zero-order chi connectivity index (χ0) is 20.3. The lowest BCUT2D eigenvalue weighted by Crippen LogP contribution is -2.34. The number of nitrogens with one attached hydrogen (secondary N) is 1. The van der Waals surface area contributed by atoms with Crippen molar-refractivity contribution in [1.29, 1.82) is 0 Å². The van der Waals surface area contributed by atoms with Gasteiger partial charge in [-0.3, -0.25) is 9.59 Å². The number of amides is 2. The van der Waals surface area contributed by atoms with Crippen LogP contribution in [0.5, 0.6) is 0 Å². The van der Waals surface area contributed by atoms with E-state index in [0.29, 0.717) is 30.0 Å². The van der Waals surface area contributed by atoms with E-state index in [1.165, 1.54) is 19.8 Å². The van der Waals surface area contributed by atoms with Gasteiger partial charge in [-0.15, -0.1) is 0 Å². The van der Waals surface area contributed by atoms with Gasteiger partial charge in [0.05, 0.1) is 11.9 Å².